The van der Waals surface area contributed by atoms with Gasteiger partial charge in [-0.25, -0.2) is 0 Å². The van der Waals surface area contributed by atoms with E-state index in [1.165, 1.54) is 17.5 Å². The van der Waals surface area contributed by atoms with Gasteiger partial charge in [-0.1, -0.05) is 6.42 Å². The van der Waals surface area contributed by atoms with Crippen molar-refractivity contribution in [3.05, 3.63) is 29.6 Å². The summed E-state index contributed by atoms with van der Waals surface area (Å²) in [6.07, 6.45) is 7.23. The molecule has 1 aromatic heterocycles. The zero-order valence-corrected chi connectivity index (χ0v) is 12.2. The summed E-state index contributed by atoms with van der Waals surface area (Å²) in [6, 6.07) is 2.10. The minimum Gasteiger partial charge on any atom is -0.340 e. The van der Waals surface area contributed by atoms with E-state index in [0.717, 1.165) is 45.6 Å². The maximum Gasteiger partial charge on any atom is 0.225 e. The molecule has 2 heterocycles. The number of pyridine rings is 1. The lowest BCUT2D eigenvalue weighted by atomic mass is 9.84. The molecule has 0 atom stereocenters. The van der Waals surface area contributed by atoms with Crippen LogP contribution in [0.4, 0.5) is 0 Å². The van der Waals surface area contributed by atoms with Crippen molar-refractivity contribution < 1.29 is 4.79 Å². The van der Waals surface area contributed by atoms with E-state index in [1.54, 1.807) is 0 Å². The third kappa shape index (κ3) is 2.85. The molecule has 0 bridgehead atoms. The first-order valence-electron chi connectivity index (χ1n) is 7.64. The molecule has 3 rings (SSSR count). The van der Waals surface area contributed by atoms with E-state index in [9.17, 15) is 4.79 Å². The highest BCUT2D eigenvalue weighted by Crippen LogP contribution is 2.28. The fraction of sp³-hybridized carbons (Fsp3) is 0.625. The van der Waals surface area contributed by atoms with Gasteiger partial charge < -0.3 is 4.90 Å². The van der Waals surface area contributed by atoms with E-state index in [0.29, 0.717) is 11.8 Å². The van der Waals surface area contributed by atoms with Crippen molar-refractivity contribution in [2.45, 2.75) is 32.7 Å². The Labute approximate surface area is 120 Å². The first-order chi connectivity index (χ1) is 9.74. The van der Waals surface area contributed by atoms with E-state index in [2.05, 4.69) is 27.8 Å². The average molecular weight is 273 g/mol. The molecule has 1 aliphatic carbocycles. The average Bonchev–Trinajstić information content (AvgIpc) is 2.40. The van der Waals surface area contributed by atoms with Crippen molar-refractivity contribution in [2.75, 3.05) is 26.2 Å². The Morgan fingerprint density at radius 2 is 2.05 bits per heavy atom. The number of hydrogen-bond acceptors (Lipinski definition) is 3. The number of carbonyl (C=O) groups excluding carboxylic acids is 1. The summed E-state index contributed by atoms with van der Waals surface area (Å²) in [7, 11) is 0. The highest BCUT2D eigenvalue weighted by Gasteiger charge is 2.31. The highest BCUT2D eigenvalue weighted by atomic mass is 16.2. The summed E-state index contributed by atoms with van der Waals surface area (Å²) < 4.78 is 0. The van der Waals surface area contributed by atoms with Crippen LogP contribution in [0.5, 0.6) is 0 Å². The molecule has 0 spiro atoms. The summed E-state index contributed by atoms with van der Waals surface area (Å²) in [5.41, 5.74) is 2.60. The quantitative estimate of drug-likeness (QED) is 0.843. The van der Waals surface area contributed by atoms with Crippen LogP contribution in [-0.4, -0.2) is 46.9 Å². The minimum atomic E-state index is 0.337. The van der Waals surface area contributed by atoms with Gasteiger partial charge in [-0.05, 0) is 37.0 Å². The van der Waals surface area contributed by atoms with Crippen LogP contribution in [0.15, 0.2) is 18.5 Å². The van der Waals surface area contributed by atoms with Gasteiger partial charge in [0.05, 0.1) is 0 Å². The summed E-state index contributed by atoms with van der Waals surface area (Å²) in [5.74, 6) is 0.736. The second-order valence-corrected chi connectivity index (χ2v) is 6.03. The molecule has 108 valence electrons. The van der Waals surface area contributed by atoms with Gasteiger partial charge in [0.15, 0.2) is 0 Å². The standard InChI is InChI=1S/C16H23N3O/c1-13-11-17-6-5-15(13)12-18-7-9-19(10-8-18)16(20)14-3-2-4-14/h5-6,11,14H,2-4,7-10,12H2,1H3. The Morgan fingerprint density at radius 3 is 2.65 bits per heavy atom. The van der Waals surface area contributed by atoms with Crippen LogP contribution in [0, 0.1) is 12.8 Å². The Kier molecular flexibility index (Phi) is 4.01. The maximum absolute atomic E-state index is 12.2. The van der Waals surface area contributed by atoms with E-state index >= 15 is 0 Å². The molecule has 1 amide bonds. The first kappa shape index (κ1) is 13.6. The molecule has 0 radical (unpaired) electrons. The van der Waals surface area contributed by atoms with Gasteiger partial charge in [-0.2, -0.15) is 0 Å². The van der Waals surface area contributed by atoms with Crippen LogP contribution < -0.4 is 0 Å². The van der Waals surface area contributed by atoms with Gasteiger partial charge in [-0.3, -0.25) is 14.7 Å². The number of aromatic nitrogens is 1. The smallest absolute Gasteiger partial charge is 0.225 e. The fourth-order valence-corrected chi connectivity index (χ4v) is 2.96. The number of rotatable bonds is 3. The lowest BCUT2D eigenvalue weighted by Gasteiger charge is -2.38. The highest BCUT2D eigenvalue weighted by molar-refractivity contribution is 5.79. The lowest BCUT2D eigenvalue weighted by Crippen LogP contribution is -2.50. The normalized spacial score (nSPS) is 20.8. The predicted octanol–water partition coefficient (Wildman–Crippen LogP) is 1.83. The molecule has 4 nitrogen and oxygen atoms in total. The fourth-order valence-electron chi connectivity index (χ4n) is 2.96. The van der Waals surface area contributed by atoms with Crippen LogP contribution in [0.2, 0.25) is 0 Å². The molecule has 2 aliphatic rings. The van der Waals surface area contributed by atoms with Crippen LogP contribution in [0.3, 0.4) is 0 Å². The summed E-state index contributed by atoms with van der Waals surface area (Å²) in [6.45, 7) is 6.83. The monoisotopic (exact) mass is 273 g/mol. The molecule has 0 unspecified atom stereocenters. The van der Waals surface area contributed by atoms with E-state index < -0.39 is 0 Å². The molecular weight excluding hydrogens is 250 g/mol. The van der Waals surface area contributed by atoms with Crippen molar-refractivity contribution in [2.24, 2.45) is 5.92 Å². The van der Waals surface area contributed by atoms with Gasteiger partial charge in [0.2, 0.25) is 5.91 Å². The van der Waals surface area contributed by atoms with Crippen molar-refractivity contribution in [1.29, 1.82) is 0 Å². The van der Waals surface area contributed by atoms with E-state index in [1.807, 2.05) is 12.4 Å². The molecule has 2 fully saturated rings. The molecular formula is C16H23N3O. The molecule has 4 heteroatoms. The van der Waals surface area contributed by atoms with Crippen LogP contribution in [-0.2, 0) is 11.3 Å². The third-order valence-electron chi connectivity index (χ3n) is 4.67. The van der Waals surface area contributed by atoms with Crippen LogP contribution in [0.1, 0.15) is 30.4 Å². The largest absolute Gasteiger partial charge is 0.340 e. The maximum atomic E-state index is 12.2. The lowest BCUT2D eigenvalue weighted by molar-refractivity contribution is -0.140. The third-order valence-corrected chi connectivity index (χ3v) is 4.67. The number of hydrogen-bond donors (Lipinski definition) is 0. The Hall–Kier alpha value is -1.42. The molecule has 20 heavy (non-hydrogen) atoms. The number of nitrogens with zero attached hydrogens (tertiary/aromatic N) is 3. The van der Waals surface area contributed by atoms with Crippen molar-refractivity contribution >= 4 is 5.91 Å². The topological polar surface area (TPSA) is 36.4 Å². The molecule has 1 aromatic rings. The second kappa shape index (κ2) is 5.92. The number of piperazine rings is 1. The Bertz CT molecular complexity index is 476. The Morgan fingerprint density at radius 1 is 1.30 bits per heavy atom. The van der Waals surface area contributed by atoms with Crippen LogP contribution in [0.25, 0.3) is 0 Å². The van der Waals surface area contributed by atoms with Crippen molar-refractivity contribution in [3.8, 4) is 0 Å². The molecule has 0 aromatic carbocycles. The molecule has 1 aliphatic heterocycles. The molecule has 1 saturated heterocycles. The van der Waals surface area contributed by atoms with Gasteiger partial charge in [0.1, 0.15) is 0 Å². The Balaban J connectivity index is 1.51. The van der Waals surface area contributed by atoms with Crippen molar-refractivity contribution in [3.63, 3.8) is 0 Å². The number of amides is 1. The SMILES string of the molecule is Cc1cnccc1CN1CCN(C(=O)C2CCC2)CC1. The van der Waals surface area contributed by atoms with Crippen LogP contribution >= 0.6 is 0 Å². The van der Waals surface area contributed by atoms with Gasteiger partial charge >= 0.3 is 0 Å². The van der Waals surface area contributed by atoms with E-state index in [4.69, 9.17) is 0 Å². The summed E-state index contributed by atoms with van der Waals surface area (Å²) in [5, 5.41) is 0. The number of carbonyl (C=O) groups is 1. The van der Waals surface area contributed by atoms with Gasteiger partial charge in [-0.15, -0.1) is 0 Å². The van der Waals surface area contributed by atoms with Gasteiger partial charge in [0, 0.05) is 51.0 Å². The zero-order chi connectivity index (χ0) is 13.9. The summed E-state index contributed by atoms with van der Waals surface area (Å²) in [4.78, 5) is 20.8. The zero-order valence-electron chi connectivity index (χ0n) is 12.2. The molecule has 0 N–H and O–H groups in total. The summed E-state index contributed by atoms with van der Waals surface area (Å²) >= 11 is 0. The second-order valence-electron chi connectivity index (χ2n) is 6.03. The van der Waals surface area contributed by atoms with Gasteiger partial charge in [0.25, 0.3) is 0 Å². The minimum absolute atomic E-state index is 0.337. The predicted molar refractivity (Wildman–Crippen MR) is 78.2 cm³/mol. The van der Waals surface area contributed by atoms with Crippen molar-refractivity contribution in [1.82, 2.24) is 14.8 Å². The first-order valence-corrected chi connectivity index (χ1v) is 7.64. The molecule has 1 saturated carbocycles. The van der Waals surface area contributed by atoms with E-state index in [-0.39, 0.29) is 0 Å². The number of aryl methyl sites for hydroxylation is 1.